The molecular weight excluding hydrogens is 316 g/mol. The van der Waals surface area contributed by atoms with E-state index in [1.807, 2.05) is 97.1 Å². The maximum absolute atomic E-state index is 9.69. The zero-order valence-electron chi connectivity index (χ0n) is 14.1. The molecule has 0 saturated carbocycles. The Bertz CT molecular complexity index is 944. The summed E-state index contributed by atoms with van der Waals surface area (Å²) in [5.74, 6) is 0. The van der Waals surface area contributed by atoms with Crippen LogP contribution in [0.5, 0.6) is 0 Å². The van der Waals surface area contributed by atoms with Crippen molar-refractivity contribution >= 4 is 23.3 Å². The van der Waals surface area contributed by atoms with Crippen molar-refractivity contribution in [2.75, 3.05) is 0 Å². The van der Waals surface area contributed by atoms with Gasteiger partial charge in [0.25, 0.3) is 0 Å². The van der Waals surface area contributed by atoms with Crippen molar-refractivity contribution in [3.05, 3.63) is 107 Å². The largest absolute Gasteiger partial charge is 0.192 e. The van der Waals surface area contributed by atoms with Gasteiger partial charge in [0.05, 0.1) is 23.3 Å². The van der Waals surface area contributed by atoms with Crippen LogP contribution in [0.15, 0.2) is 84.9 Å². The Balaban J connectivity index is 2.11. The molecule has 0 amide bonds. The van der Waals surface area contributed by atoms with Gasteiger partial charge in [0.15, 0.2) is 0 Å². The van der Waals surface area contributed by atoms with Gasteiger partial charge in [-0.25, -0.2) is 0 Å². The van der Waals surface area contributed by atoms with Gasteiger partial charge in [0.1, 0.15) is 0 Å². The summed E-state index contributed by atoms with van der Waals surface area (Å²) in [5, 5.41) is 19.4. The van der Waals surface area contributed by atoms with Crippen LogP contribution in [-0.2, 0) is 0 Å². The quantitative estimate of drug-likeness (QED) is 0.447. The molecule has 0 heterocycles. The van der Waals surface area contributed by atoms with Gasteiger partial charge >= 0.3 is 0 Å². The van der Waals surface area contributed by atoms with Crippen molar-refractivity contribution in [3.8, 4) is 12.1 Å². The Morgan fingerprint density at radius 2 is 0.885 bits per heavy atom. The second-order valence-corrected chi connectivity index (χ2v) is 5.71. The summed E-state index contributed by atoms with van der Waals surface area (Å²) in [4.78, 5) is 0. The second-order valence-electron chi connectivity index (χ2n) is 5.71. The van der Waals surface area contributed by atoms with Gasteiger partial charge in [0, 0.05) is 11.1 Å². The number of nitriles is 2. The Labute approximate surface area is 153 Å². The molecule has 0 spiro atoms. The van der Waals surface area contributed by atoms with Crippen molar-refractivity contribution in [3.63, 3.8) is 0 Å². The van der Waals surface area contributed by atoms with E-state index in [1.165, 1.54) is 0 Å². The van der Waals surface area contributed by atoms with E-state index >= 15 is 0 Å². The van der Waals surface area contributed by atoms with E-state index in [0.29, 0.717) is 11.1 Å². The molecule has 0 atom stereocenters. The third-order valence-electron chi connectivity index (χ3n) is 3.97. The topological polar surface area (TPSA) is 47.6 Å². The van der Waals surface area contributed by atoms with Crippen LogP contribution in [0, 0.1) is 22.7 Å². The highest BCUT2D eigenvalue weighted by atomic mass is 14.3. The van der Waals surface area contributed by atoms with Gasteiger partial charge in [-0.05, 0) is 23.3 Å². The fraction of sp³-hybridized carbons (Fsp3) is 0. The van der Waals surface area contributed by atoms with Crippen LogP contribution in [-0.4, -0.2) is 0 Å². The highest BCUT2D eigenvalue weighted by Gasteiger charge is 2.11. The second kappa shape index (κ2) is 8.29. The van der Waals surface area contributed by atoms with Crippen LogP contribution in [0.3, 0.4) is 0 Å². The van der Waals surface area contributed by atoms with E-state index < -0.39 is 0 Å². The van der Waals surface area contributed by atoms with E-state index in [9.17, 15) is 10.5 Å². The third-order valence-corrected chi connectivity index (χ3v) is 3.97. The number of hydrogen-bond donors (Lipinski definition) is 0. The number of benzene rings is 3. The van der Waals surface area contributed by atoms with Crippen molar-refractivity contribution in [2.45, 2.75) is 0 Å². The smallest absolute Gasteiger partial charge is 0.0998 e. The Hall–Kier alpha value is -3.88. The maximum Gasteiger partial charge on any atom is 0.0998 e. The molecule has 0 fully saturated rings. The molecule has 0 aliphatic heterocycles. The Kier molecular flexibility index (Phi) is 5.41. The molecule has 26 heavy (non-hydrogen) atoms. The van der Waals surface area contributed by atoms with Gasteiger partial charge in [-0.3, -0.25) is 0 Å². The van der Waals surface area contributed by atoms with E-state index in [4.69, 9.17) is 0 Å². The minimum atomic E-state index is 0.529. The normalized spacial score (nSPS) is 11.5. The molecule has 3 aromatic rings. The van der Waals surface area contributed by atoms with Gasteiger partial charge in [-0.1, -0.05) is 84.9 Å². The molecule has 0 radical (unpaired) electrons. The Morgan fingerprint density at radius 3 is 1.23 bits per heavy atom. The molecule has 0 N–H and O–H groups in total. The number of rotatable bonds is 4. The van der Waals surface area contributed by atoms with Crippen LogP contribution in [0.2, 0.25) is 0 Å². The van der Waals surface area contributed by atoms with Crippen LogP contribution < -0.4 is 0 Å². The SMILES string of the molecule is N#CC(=Cc1ccccc1)c1ccccc1C(C#N)=Cc1ccccc1. The lowest BCUT2D eigenvalue weighted by molar-refractivity contribution is 1.49. The summed E-state index contributed by atoms with van der Waals surface area (Å²) < 4.78 is 0. The molecule has 2 heteroatoms. The molecule has 122 valence electrons. The number of nitrogens with zero attached hydrogens (tertiary/aromatic N) is 2. The fourth-order valence-electron chi connectivity index (χ4n) is 2.73. The van der Waals surface area contributed by atoms with Crippen molar-refractivity contribution in [2.24, 2.45) is 0 Å². The average Bonchev–Trinajstić information content (AvgIpc) is 2.72. The third kappa shape index (κ3) is 3.96. The highest BCUT2D eigenvalue weighted by Crippen LogP contribution is 2.28. The summed E-state index contributed by atoms with van der Waals surface area (Å²) >= 11 is 0. The monoisotopic (exact) mass is 332 g/mol. The number of allylic oxidation sites excluding steroid dienone is 2. The van der Waals surface area contributed by atoms with E-state index in [-0.39, 0.29) is 0 Å². The van der Waals surface area contributed by atoms with Gasteiger partial charge < -0.3 is 0 Å². The molecule has 3 aromatic carbocycles. The van der Waals surface area contributed by atoms with E-state index in [2.05, 4.69) is 12.1 Å². The molecular formula is C24H16N2. The van der Waals surface area contributed by atoms with Crippen LogP contribution in [0.1, 0.15) is 22.3 Å². The van der Waals surface area contributed by atoms with Crippen molar-refractivity contribution in [1.29, 1.82) is 10.5 Å². The predicted octanol–water partition coefficient (Wildman–Crippen LogP) is 5.81. The first-order valence-corrected chi connectivity index (χ1v) is 8.25. The van der Waals surface area contributed by atoms with Gasteiger partial charge in [0.2, 0.25) is 0 Å². The minimum Gasteiger partial charge on any atom is -0.192 e. The summed E-state index contributed by atoms with van der Waals surface area (Å²) in [6.07, 6.45) is 3.69. The van der Waals surface area contributed by atoms with Crippen LogP contribution >= 0.6 is 0 Å². The van der Waals surface area contributed by atoms with E-state index in [0.717, 1.165) is 22.3 Å². The lowest BCUT2D eigenvalue weighted by atomic mass is 9.93. The van der Waals surface area contributed by atoms with E-state index in [1.54, 1.807) is 0 Å². The molecule has 0 aliphatic rings. The van der Waals surface area contributed by atoms with Gasteiger partial charge in [-0.2, -0.15) is 10.5 Å². The van der Waals surface area contributed by atoms with Gasteiger partial charge in [-0.15, -0.1) is 0 Å². The average molecular weight is 332 g/mol. The Morgan fingerprint density at radius 1 is 0.538 bits per heavy atom. The van der Waals surface area contributed by atoms with Crippen molar-refractivity contribution in [1.82, 2.24) is 0 Å². The maximum atomic E-state index is 9.69. The zero-order valence-corrected chi connectivity index (χ0v) is 14.1. The zero-order chi connectivity index (χ0) is 18.2. The molecule has 0 bridgehead atoms. The number of hydrogen-bond acceptors (Lipinski definition) is 2. The fourth-order valence-corrected chi connectivity index (χ4v) is 2.73. The first-order chi connectivity index (χ1) is 12.8. The lowest BCUT2D eigenvalue weighted by Crippen LogP contribution is -1.92. The summed E-state index contributed by atoms with van der Waals surface area (Å²) in [6, 6.07) is 31.5. The molecule has 2 nitrogen and oxygen atoms in total. The molecule has 0 saturated heterocycles. The molecule has 0 aromatic heterocycles. The minimum absolute atomic E-state index is 0.529. The summed E-state index contributed by atoms with van der Waals surface area (Å²) in [5.41, 5.74) is 4.46. The predicted molar refractivity (Wildman–Crippen MR) is 106 cm³/mol. The van der Waals surface area contributed by atoms with Crippen LogP contribution in [0.4, 0.5) is 0 Å². The summed E-state index contributed by atoms with van der Waals surface area (Å²) in [6.45, 7) is 0. The van der Waals surface area contributed by atoms with Crippen LogP contribution in [0.25, 0.3) is 23.3 Å². The van der Waals surface area contributed by atoms with Crippen molar-refractivity contribution < 1.29 is 0 Å². The molecule has 0 aliphatic carbocycles. The standard InChI is InChI=1S/C24H16N2/c25-17-21(15-19-9-3-1-4-10-19)23-13-7-8-14-24(23)22(18-26)16-20-11-5-2-6-12-20/h1-16H. The summed E-state index contributed by atoms with van der Waals surface area (Å²) in [7, 11) is 0. The first kappa shape index (κ1) is 17.0. The molecule has 3 rings (SSSR count). The highest BCUT2D eigenvalue weighted by molar-refractivity contribution is 5.99. The first-order valence-electron chi connectivity index (χ1n) is 8.25. The molecule has 0 unspecified atom stereocenters. The lowest BCUT2D eigenvalue weighted by Gasteiger charge is -2.08.